The highest BCUT2D eigenvalue weighted by Crippen LogP contribution is 2.22. The molecule has 1 aromatic heterocycles. The molecule has 0 fully saturated rings. The van der Waals surface area contributed by atoms with E-state index in [0.717, 1.165) is 11.4 Å². The van der Waals surface area contributed by atoms with Gasteiger partial charge in [0.25, 0.3) is 0 Å². The third-order valence-corrected chi connectivity index (χ3v) is 2.76. The number of benzene rings is 2. The molecule has 1 heterocycles. The van der Waals surface area contributed by atoms with Gasteiger partial charge in [0.2, 0.25) is 0 Å². The second-order valence-corrected chi connectivity index (χ2v) is 3.88. The Kier molecular flexibility index (Phi) is 2.47. The topological polar surface area (TPSA) is 28.7 Å². The van der Waals surface area contributed by atoms with Crippen LogP contribution in [-0.4, -0.2) is 9.97 Å². The second kappa shape index (κ2) is 4.26. The van der Waals surface area contributed by atoms with E-state index in [0.29, 0.717) is 0 Å². The molecule has 0 aliphatic carbocycles. The van der Waals surface area contributed by atoms with E-state index in [1.54, 1.807) is 6.20 Å². The first-order valence-corrected chi connectivity index (χ1v) is 5.59. The maximum atomic E-state index is 4.23. The molecule has 2 aromatic carbocycles. The van der Waals surface area contributed by atoms with E-state index in [2.05, 4.69) is 58.5 Å². The van der Waals surface area contributed by atoms with Gasteiger partial charge in [-0.05, 0) is 11.1 Å². The van der Waals surface area contributed by atoms with Crippen molar-refractivity contribution < 1.29 is 0 Å². The van der Waals surface area contributed by atoms with Gasteiger partial charge in [0.1, 0.15) is 5.82 Å². The molecule has 0 atom stereocenters. The van der Waals surface area contributed by atoms with E-state index >= 15 is 0 Å². The molecule has 0 amide bonds. The van der Waals surface area contributed by atoms with Crippen LogP contribution < -0.4 is 0 Å². The van der Waals surface area contributed by atoms with Crippen molar-refractivity contribution >= 4 is 0 Å². The second-order valence-electron chi connectivity index (χ2n) is 3.88. The molecule has 1 N–H and O–H groups in total. The molecule has 17 heavy (non-hydrogen) atoms. The Morgan fingerprint density at radius 1 is 0.706 bits per heavy atom. The van der Waals surface area contributed by atoms with Crippen molar-refractivity contribution in [1.82, 2.24) is 9.97 Å². The molecular weight excluding hydrogens is 208 g/mol. The fourth-order valence-corrected chi connectivity index (χ4v) is 1.87. The van der Waals surface area contributed by atoms with Gasteiger partial charge in [-0.2, -0.15) is 0 Å². The number of hydrogen-bond acceptors (Lipinski definition) is 1. The lowest BCUT2D eigenvalue weighted by atomic mass is 10.0. The first-order chi connectivity index (χ1) is 8.43. The van der Waals surface area contributed by atoms with E-state index in [4.69, 9.17) is 0 Å². The van der Waals surface area contributed by atoms with Crippen LogP contribution in [0, 0.1) is 0 Å². The average Bonchev–Trinajstić information content (AvgIpc) is 2.94. The van der Waals surface area contributed by atoms with Crippen molar-refractivity contribution in [3.8, 4) is 22.5 Å². The third kappa shape index (κ3) is 1.97. The molecule has 0 saturated heterocycles. The van der Waals surface area contributed by atoms with Crippen LogP contribution in [0.5, 0.6) is 0 Å². The van der Waals surface area contributed by atoms with Gasteiger partial charge in [-0.15, -0.1) is 0 Å². The van der Waals surface area contributed by atoms with Gasteiger partial charge < -0.3 is 4.98 Å². The average molecular weight is 220 g/mol. The van der Waals surface area contributed by atoms with Crippen molar-refractivity contribution in [3.63, 3.8) is 0 Å². The predicted molar refractivity (Wildman–Crippen MR) is 69.5 cm³/mol. The van der Waals surface area contributed by atoms with Crippen molar-refractivity contribution in [2.45, 2.75) is 0 Å². The molecule has 0 aliphatic rings. The Labute approximate surface area is 100.0 Å². The smallest absolute Gasteiger partial charge is 0.137 e. The highest BCUT2D eigenvalue weighted by molar-refractivity contribution is 5.67. The summed E-state index contributed by atoms with van der Waals surface area (Å²) in [7, 11) is 0. The zero-order chi connectivity index (χ0) is 11.5. The standard InChI is InChI=1S/C15H12N2/c1-2-4-12(5-3-1)13-6-8-14(9-7-13)15-16-10-11-17-15/h1-11H,(H,16,17). The summed E-state index contributed by atoms with van der Waals surface area (Å²) >= 11 is 0. The Hall–Kier alpha value is -2.35. The molecule has 0 bridgehead atoms. The fourth-order valence-electron chi connectivity index (χ4n) is 1.87. The van der Waals surface area contributed by atoms with Crippen molar-refractivity contribution in [2.75, 3.05) is 0 Å². The van der Waals surface area contributed by atoms with Crippen LogP contribution in [0.4, 0.5) is 0 Å². The minimum Gasteiger partial charge on any atom is -0.345 e. The zero-order valence-corrected chi connectivity index (χ0v) is 9.30. The van der Waals surface area contributed by atoms with E-state index < -0.39 is 0 Å². The van der Waals surface area contributed by atoms with Gasteiger partial charge in [0.05, 0.1) is 0 Å². The molecule has 3 rings (SSSR count). The molecule has 0 radical (unpaired) electrons. The molecule has 0 saturated carbocycles. The molecule has 2 heteroatoms. The van der Waals surface area contributed by atoms with Crippen molar-refractivity contribution in [2.24, 2.45) is 0 Å². The van der Waals surface area contributed by atoms with Crippen LogP contribution >= 0.6 is 0 Å². The van der Waals surface area contributed by atoms with Crippen molar-refractivity contribution in [3.05, 3.63) is 67.0 Å². The number of aromatic nitrogens is 2. The van der Waals surface area contributed by atoms with Gasteiger partial charge in [-0.25, -0.2) is 4.98 Å². The lowest BCUT2D eigenvalue weighted by Crippen LogP contribution is -1.81. The number of nitrogens with one attached hydrogen (secondary N) is 1. The summed E-state index contributed by atoms with van der Waals surface area (Å²) in [6.45, 7) is 0. The lowest BCUT2D eigenvalue weighted by molar-refractivity contribution is 1.31. The van der Waals surface area contributed by atoms with Gasteiger partial charge >= 0.3 is 0 Å². The summed E-state index contributed by atoms with van der Waals surface area (Å²) in [6.07, 6.45) is 3.60. The summed E-state index contributed by atoms with van der Waals surface area (Å²) < 4.78 is 0. The molecule has 0 unspecified atom stereocenters. The molecule has 0 aliphatic heterocycles. The quantitative estimate of drug-likeness (QED) is 0.700. The van der Waals surface area contributed by atoms with Gasteiger partial charge in [-0.3, -0.25) is 0 Å². The van der Waals surface area contributed by atoms with E-state index in [1.807, 2.05) is 12.3 Å². The maximum Gasteiger partial charge on any atom is 0.137 e. The predicted octanol–water partition coefficient (Wildman–Crippen LogP) is 3.74. The van der Waals surface area contributed by atoms with Crippen LogP contribution in [0.25, 0.3) is 22.5 Å². The van der Waals surface area contributed by atoms with Crippen LogP contribution in [0.3, 0.4) is 0 Å². The van der Waals surface area contributed by atoms with Crippen LogP contribution in [0.1, 0.15) is 0 Å². The SMILES string of the molecule is c1ccc(-c2ccc(-c3ncc[nH]3)cc2)cc1. The molecule has 0 spiro atoms. The Morgan fingerprint density at radius 2 is 1.35 bits per heavy atom. The van der Waals surface area contributed by atoms with E-state index in [9.17, 15) is 0 Å². The minimum absolute atomic E-state index is 0.907. The molecule has 82 valence electrons. The van der Waals surface area contributed by atoms with Gasteiger partial charge in [-0.1, -0.05) is 54.6 Å². The van der Waals surface area contributed by atoms with Gasteiger partial charge in [0.15, 0.2) is 0 Å². The highest BCUT2D eigenvalue weighted by atomic mass is 14.9. The molecular formula is C15H12N2. The number of imidazole rings is 1. The Morgan fingerprint density at radius 3 is 2.00 bits per heavy atom. The normalized spacial score (nSPS) is 10.4. The lowest BCUT2D eigenvalue weighted by Gasteiger charge is -2.02. The summed E-state index contributed by atoms with van der Waals surface area (Å²) in [5.41, 5.74) is 3.56. The first kappa shape index (κ1) is 9.85. The number of rotatable bonds is 2. The van der Waals surface area contributed by atoms with Crippen LogP contribution in [-0.2, 0) is 0 Å². The summed E-state index contributed by atoms with van der Waals surface area (Å²) in [5, 5.41) is 0. The largest absolute Gasteiger partial charge is 0.345 e. The van der Waals surface area contributed by atoms with Gasteiger partial charge in [0, 0.05) is 18.0 Å². The monoisotopic (exact) mass is 220 g/mol. The van der Waals surface area contributed by atoms with Crippen LogP contribution in [0.15, 0.2) is 67.0 Å². The Balaban J connectivity index is 1.96. The van der Waals surface area contributed by atoms with Crippen LogP contribution in [0.2, 0.25) is 0 Å². The van der Waals surface area contributed by atoms with E-state index in [-0.39, 0.29) is 0 Å². The molecule has 2 nitrogen and oxygen atoms in total. The minimum atomic E-state index is 0.907. The summed E-state index contributed by atoms with van der Waals surface area (Å²) in [5.74, 6) is 0.907. The highest BCUT2D eigenvalue weighted by Gasteiger charge is 2.00. The number of hydrogen-bond donors (Lipinski definition) is 1. The van der Waals surface area contributed by atoms with E-state index in [1.165, 1.54) is 11.1 Å². The summed E-state index contributed by atoms with van der Waals surface area (Å²) in [4.78, 5) is 7.33. The number of H-pyrrole nitrogens is 1. The third-order valence-electron chi connectivity index (χ3n) is 2.76. The zero-order valence-electron chi connectivity index (χ0n) is 9.30. The number of nitrogens with zero attached hydrogens (tertiary/aromatic N) is 1. The molecule has 3 aromatic rings. The fraction of sp³-hybridized carbons (Fsp3) is 0. The number of aromatic amines is 1. The summed E-state index contributed by atoms with van der Waals surface area (Å²) in [6, 6.07) is 18.8. The first-order valence-electron chi connectivity index (χ1n) is 5.59. The van der Waals surface area contributed by atoms with Crippen molar-refractivity contribution in [1.29, 1.82) is 0 Å². The maximum absolute atomic E-state index is 4.23. The Bertz CT molecular complexity index is 581.